The summed E-state index contributed by atoms with van der Waals surface area (Å²) in [4.78, 5) is 31.6. The first-order valence-corrected chi connectivity index (χ1v) is 12.6. The van der Waals surface area contributed by atoms with Crippen molar-refractivity contribution >= 4 is 18.1 Å². The van der Waals surface area contributed by atoms with E-state index < -0.39 is 0 Å². The molecule has 3 heterocycles. The topological polar surface area (TPSA) is 71.5 Å². The van der Waals surface area contributed by atoms with Crippen LogP contribution in [0, 0.1) is 35.4 Å². The van der Waals surface area contributed by atoms with Gasteiger partial charge in [0.25, 0.3) is 0 Å². The molecule has 3 fully saturated rings. The number of amides is 2. The maximum Gasteiger partial charge on any atom is 0.317 e. The molecule has 35 heavy (non-hydrogen) atoms. The fraction of sp³-hybridized carbons (Fsp3) is 0.464. The maximum atomic E-state index is 13.6. The van der Waals surface area contributed by atoms with Gasteiger partial charge in [0.05, 0.1) is 11.6 Å². The molecule has 2 aliphatic heterocycles. The summed E-state index contributed by atoms with van der Waals surface area (Å²) >= 11 is 0. The Morgan fingerprint density at radius 3 is 2.89 bits per heavy atom. The molecule has 1 aromatic heterocycles. The molecule has 6 nitrogen and oxygen atoms in total. The van der Waals surface area contributed by atoms with Crippen LogP contribution in [0.25, 0.3) is 17.2 Å². The molecule has 2 amide bonds. The number of carbonyl (C=O) groups is 2. The summed E-state index contributed by atoms with van der Waals surface area (Å²) in [5.74, 6) is 0.480. The lowest BCUT2D eigenvalue weighted by Gasteiger charge is -2.48. The summed E-state index contributed by atoms with van der Waals surface area (Å²) in [5.41, 5.74) is 2.47. The van der Waals surface area contributed by atoms with Gasteiger partial charge >= 0.3 is 12.0 Å². The Morgan fingerprint density at radius 1 is 1.29 bits per heavy atom. The van der Waals surface area contributed by atoms with Crippen molar-refractivity contribution in [3.05, 3.63) is 60.2 Å². The number of ether oxygens (including phenoxy) is 1. The first-order valence-electron chi connectivity index (χ1n) is 12.6. The van der Waals surface area contributed by atoms with Gasteiger partial charge in [0.1, 0.15) is 11.9 Å². The van der Waals surface area contributed by atoms with Gasteiger partial charge in [-0.2, -0.15) is 0 Å². The Labute approximate surface area is 205 Å². The van der Waals surface area contributed by atoms with Gasteiger partial charge in [0.15, 0.2) is 0 Å². The lowest BCUT2D eigenvalue weighted by molar-refractivity contribution is -0.144. The van der Waals surface area contributed by atoms with Crippen LogP contribution in [0.15, 0.2) is 48.7 Å². The SMILES string of the molecule is CCNC(=O)N1CCC2C(CC3C(=O)OC(C)C3C2/C=C/c2ccc(-c3cccc(F)c3)cn2)C1. The highest BCUT2D eigenvalue weighted by Gasteiger charge is 2.54. The lowest BCUT2D eigenvalue weighted by atomic mass is 9.59. The van der Waals surface area contributed by atoms with Gasteiger partial charge in [-0.15, -0.1) is 0 Å². The van der Waals surface area contributed by atoms with E-state index in [1.165, 1.54) is 12.1 Å². The summed E-state index contributed by atoms with van der Waals surface area (Å²) in [6, 6.07) is 10.3. The van der Waals surface area contributed by atoms with E-state index in [0.29, 0.717) is 19.0 Å². The van der Waals surface area contributed by atoms with Gasteiger partial charge < -0.3 is 15.0 Å². The second-order valence-electron chi connectivity index (χ2n) is 9.97. The molecule has 3 aliphatic rings. The number of esters is 1. The van der Waals surface area contributed by atoms with E-state index >= 15 is 0 Å². The second-order valence-corrected chi connectivity index (χ2v) is 9.97. The highest BCUT2D eigenvalue weighted by Crippen LogP contribution is 2.51. The quantitative estimate of drug-likeness (QED) is 0.644. The van der Waals surface area contributed by atoms with Crippen LogP contribution in [0.2, 0.25) is 0 Å². The van der Waals surface area contributed by atoms with Crippen molar-refractivity contribution in [1.82, 2.24) is 15.2 Å². The molecule has 1 aromatic carbocycles. The minimum absolute atomic E-state index is 0.0230. The van der Waals surface area contributed by atoms with E-state index in [1.54, 1.807) is 12.3 Å². The van der Waals surface area contributed by atoms with Gasteiger partial charge in [-0.05, 0) is 74.3 Å². The number of benzene rings is 1. The second kappa shape index (κ2) is 9.80. The van der Waals surface area contributed by atoms with Crippen molar-refractivity contribution in [3.8, 4) is 11.1 Å². The number of pyridine rings is 1. The van der Waals surface area contributed by atoms with E-state index in [-0.39, 0.29) is 47.6 Å². The number of piperidine rings is 1. The maximum absolute atomic E-state index is 13.6. The van der Waals surface area contributed by atoms with Crippen LogP contribution in [0.5, 0.6) is 0 Å². The normalized spacial score (nSPS) is 30.0. The fourth-order valence-corrected chi connectivity index (χ4v) is 6.36. The van der Waals surface area contributed by atoms with E-state index in [1.807, 2.05) is 43.0 Å². The summed E-state index contributed by atoms with van der Waals surface area (Å²) in [6.45, 7) is 5.92. The predicted molar refractivity (Wildman–Crippen MR) is 132 cm³/mol. The van der Waals surface area contributed by atoms with E-state index in [9.17, 15) is 14.0 Å². The molecule has 5 rings (SSSR count). The molecule has 1 saturated carbocycles. The summed E-state index contributed by atoms with van der Waals surface area (Å²) in [5, 5.41) is 2.90. The van der Waals surface area contributed by atoms with Gasteiger partial charge in [-0.3, -0.25) is 9.78 Å². The smallest absolute Gasteiger partial charge is 0.317 e. The van der Waals surface area contributed by atoms with Crippen LogP contribution >= 0.6 is 0 Å². The number of allylic oxidation sites excluding steroid dienone is 1. The number of rotatable bonds is 4. The Morgan fingerprint density at radius 2 is 2.14 bits per heavy atom. The predicted octanol–water partition coefficient (Wildman–Crippen LogP) is 4.77. The molecular weight excluding hydrogens is 445 g/mol. The minimum Gasteiger partial charge on any atom is -0.462 e. The molecule has 184 valence electrons. The van der Waals surface area contributed by atoms with Crippen LogP contribution in [-0.4, -0.2) is 47.6 Å². The number of cyclic esters (lactones) is 1. The van der Waals surface area contributed by atoms with Gasteiger partial charge in [0.2, 0.25) is 0 Å². The number of nitrogens with one attached hydrogen (secondary N) is 1. The van der Waals surface area contributed by atoms with E-state index in [4.69, 9.17) is 4.74 Å². The summed E-state index contributed by atoms with van der Waals surface area (Å²) < 4.78 is 19.2. The number of halogens is 1. The largest absolute Gasteiger partial charge is 0.462 e. The molecule has 1 N–H and O–H groups in total. The number of carbonyl (C=O) groups excluding carboxylic acids is 2. The first kappa shape index (κ1) is 23.5. The standard InChI is InChI=1S/C28H32FN3O3/c1-3-30-28(34)32-12-11-23-20(16-32)14-25-26(17(2)35-27(25)33)24(23)10-9-22-8-7-19(15-31-22)18-5-4-6-21(29)13-18/h4-10,13,15,17,20,23-26H,3,11-12,14,16H2,1-2H3,(H,30,34)/b10-9+. The molecule has 0 radical (unpaired) electrons. The summed E-state index contributed by atoms with van der Waals surface area (Å²) in [6.07, 6.45) is 7.57. The number of fused-ring (bicyclic) bond motifs is 2. The molecule has 2 saturated heterocycles. The van der Waals surface area contributed by atoms with Crippen LogP contribution in [0.1, 0.15) is 32.4 Å². The first-order chi connectivity index (χ1) is 16.9. The number of nitrogens with zero attached hydrogens (tertiary/aromatic N) is 2. The molecule has 7 heteroatoms. The number of likely N-dealkylation sites (tertiary alicyclic amines) is 1. The zero-order valence-electron chi connectivity index (χ0n) is 20.2. The van der Waals surface area contributed by atoms with Gasteiger partial charge in [-0.1, -0.05) is 24.3 Å². The Kier molecular flexibility index (Phi) is 6.58. The third kappa shape index (κ3) is 4.68. The fourth-order valence-electron chi connectivity index (χ4n) is 6.36. The zero-order valence-corrected chi connectivity index (χ0v) is 20.2. The summed E-state index contributed by atoms with van der Waals surface area (Å²) in [7, 11) is 0. The minimum atomic E-state index is -0.270. The van der Waals surface area contributed by atoms with Crippen LogP contribution in [0.3, 0.4) is 0 Å². The van der Waals surface area contributed by atoms with Crippen LogP contribution in [-0.2, 0) is 9.53 Å². The monoisotopic (exact) mass is 477 g/mol. The number of hydrogen-bond acceptors (Lipinski definition) is 4. The van der Waals surface area contributed by atoms with Crippen LogP contribution < -0.4 is 5.32 Å². The third-order valence-corrected chi connectivity index (χ3v) is 7.95. The Bertz CT molecular complexity index is 1120. The van der Waals surface area contributed by atoms with Crippen molar-refractivity contribution in [1.29, 1.82) is 0 Å². The highest BCUT2D eigenvalue weighted by atomic mass is 19.1. The Hall–Kier alpha value is -3.22. The average molecular weight is 478 g/mol. The number of aromatic nitrogens is 1. The van der Waals surface area contributed by atoms with Crippen molar-refractivity contribution < 1.29 is 18.7 Å². The lowest BCUT2D eigenvalue weighted by Crippen LogP contribution is -2.53. The molecule has 0 bridgehead atoms. The van der Waals surface area contributed by atoms with E-state index in [2.05, 4.69) is 16.4 Å². The third-order valence-electron chi connectivity index (χ3n) is 7.95. The van der Waals surface area contributed by atoms with Gasteiger partial charge in [0, 0.05) is 37.3 Å². The molecule has 1 aliphatic carbocycles. The van der Waals surface area contributed by atoms with Crippen molar-refractivity contribution in [2.75, 3.05) is 19.6 Å². The molecule has 6 unspecified atom stereocenters. The van der Waals surface area contributed by atoms with Crippen molar-refractivity contribution in [3.63, 3.8) is 0 Å². The molecular formula is C28H32FN3O3. The van der Waals surface area contributed by atoms with Crippen molar-refractivity contribution in [2.24, 2.45) is 29.6 Å². The molecule has 2 aromatic rings. The highest BCUT2D eigenvalue weighted by molar-refractivity contribution is 5.76. The molecule has 0 spiro atoms. The number of hydrogen-bond donors (Lipinski definition) is 1. The number of urea groups is 1. The average Bonchev–Trinajstić information content (AvgIpc) is 3.14. The van der Waals surface area contributed by atoms with Crippen LogP contribution in [0.4, 0.5) is 9.18 Å². The Balaban J connectivity index is 1.37. The van der Waals surface area contributed by atoms with E-state index in [0.717, 1.165) is 36.2 Å². The van der Waals surface area contributed by atoms with Gasteiger partial charge in [-0.25, -0.2) is 9.18 Å². The molecule has 6 atom stereocenters. The zero-order chi connectivity index (χ0) is 24.5. The van der Waals surface area contributed by atoms with Crippen molar-refractivity contribution in [2.45, 2.75) is 32.8 Å².